The minimum Gasteiger partial charge on any atom is -0.350 e. The van der Waals surface area contributed by atoms with Gasteiger partial charge in [-0.1, -0.05) is 55.1 Å². The lowest BCUT2D eigenvalue weighted by atomic mass is 9.94. The van der Waals surface area contributed by atoms with E-state index in [0.717, 1.165) is 27.9 Å². The highest BCUT2D eigenvalue weighted by Gasteiger charge is 2.25. The molecule has 29 heavy (non-hydrogen) atoms. The van der Waals surface area contributed by atoms with Crippen LogP contribution in [0.25, 0.3) is 10.9 Å². The van der Waals surface area contributed by atoms with Gasteiger partial charge in [-0.15, -0.1) is 0 Å². The highest BCUT2D eigenvalue weighted by atomic mass is 35.5. The van der Waals surface area contributed by atoms with Crippen LogP contribution in [0.5, 0.6) is 0 Å². The maximum Gasteiger partial charge on any atom is 0.173 e. The van der Waals surface area contributed by atoms with Crippen molar-refractivity contribution in [2.75, 3.05) is 5.32 Å². The molecule has 1 heterocycles. The molecule has 1 fully saturated rings. The van der Waals surface area contributed by atoms with E-state index in [9.17, 15) is 0 Å². The van der Waals surface area contributed by atoms with Gasteiger partial charge in [-0.3, -0.25) is 0 Å². The molecule has 1 aliphatic rings. The Balaban J connectivity index is 1.62. The smallest absolute Gasteiger partial charge is 0.173 e. The van der Waals surface area contributed by atoms with Crippen molar-refractivity contribution in [2.24, 2.45) is 7.05 Å². The SMILES string of the molecule is Cc1ccc(NC(=S)N(Cc2cn(C)c3ccccc23)C2CCCCC2)cc1Cl. The number of aryl methyl sites for hydroxylation is 2. The van der Waals surface area contributed by atoms with E-state index in [1.807, 2.05) is 25.1 Å². The summed E-state index contributed by atoms with van der Waals surface area (Å²) in [4.78, 5) is 2.39. The topological polar surface area (TPSA) is 20.2 Å². The van der Waals surface area contributed by atoms with Gasteiger partial charge in [0.15, 0.2) is 5.11 Å². The summed E-state index contributed by atoms with van der Waals surface area (Å²) >= 11 is 12.2. The maximum atomic E-state index is 6.32. The summed E-state index contributed by atoms with van der Waals surface area (Å²) in [5.41, 5.74) is 4.60. The number of fused-ring (bicyclic) bond motifs is 1. The van der Waals surface area contributed by atoms with E-state index in [1.165, 1.54) is 48.6 Å². The van der Waals surface area contributed by atoms with Gasteiger partial charge in [0.1, 0.15) is 0 Å². The molecule has 152 valence electrons. The first-order valence-electron chi connectivity index (χ1n) is 10.4. The molecule has 0 spiro atoms. The van der Waals surface area contributed by atoms with E-state index < -0.39 is 0 Å². The van der Waals surface area contributed by atoms with Crippen molar-refractivity contribution in [2.45, 2.75) is 51.6 Å². The summed E-state index contributed by atoms with van der Waals surface area (Å²) in [6.07, 6.45) is 8.51. The molecule has 0 unspecified atom stereocenters. The fourth-order valence-electron chi connectivity index (χ4n) is 4.36. The molecular formula is C24H28ClN3S. The van der Waals surface area contributed by atoms with E-state index in [0.29, 0.717) is 6.04 Å². The predicted octanol–water partition coefficient (Wildman–Crippen LogP) is 6.67. The molecule has 0 bridgehead atoms. The van der Waals surface area contributed by atoms with Crippen molar-refractivity contribution in [3.63, 3.8) is 0 Å². The van der Waals surface area contributed by atoms with Gasteiger partial charge in [-0.25, -0.2) is 0 Å². The molecule has 3 nitrogen and oxygen atoms in total. The normalized spacial score (nSPS) is 14.9. The Labute approximate surface area is 183 Å². The van der Waals surface area contributed by atoms with Crippen molar-refractivity contribution in [1.29, 1.82) is 0 Å². The zero-order valence-electron chi connectivity index (χ0n) is 17.1. The molecule has 1 saturated carbocycles. The van der Waals surface area contributed by atoms with Crippen molar-refractivity contribution in [3.8, 4) is 0 Å². The molecule has 3 aromatic rings. The van der Waals surface area contributed by atoms with Gasteiger partial charge in [-0.2, -0.15) is 0 Å². The van der Waals surface area contributed by atoms with Gasteiger partial charge in [-0.05, 0) is 61.3 Å². The Bertz CT molecular complexity index is 1020. The van der Waals surface area contributed by atoms with E-state index >= 15 is 0 Å². The third-order valence-electron chi connectivity index (χ3n) is 6.02. The zero-order valence-corrected chi connectivity index (χ0v) is 18.7. The standard InChI is InChI=1S/C24H28ClN3S/c1-17-12-13-19(14-22(17)25)26-24(29)28(20-8-4-3-5-9-20)16-18-15-27(2)23-11-7-6-10-21(18)23/h6-7,10-15,20H,3-5,8-9,16H2,1-2H3,(H,26,29). The van der Waals surface area contributed by atoms with Gasteiger partial charge in [0.25, 0.3) is 0 Å². The van der Waals surface area contributed by atoms with Gasteiger partial charge in [0.2, 0.25) is 0 Å². The van der Waals surface area contributed by atoms with Gasteiger partial charge in [0.05, 0.1) is 0 Å². The lowest BCUT2D eigenvalue weighted by Gasteiger charge is -2.36. The number of anilines is 1. The zero-order chi connectivity index (χ0) is 20.4. The van der Waals surface area contributed by atoms with Crippen LogP contribution in [0, 0.1) is 6.92 Å². The number of thiocarbonyl (C=S) groups is 1. The molecule has 1 N–H and O–H groups in total. The second kappa shape index (κ2) is 8.76. The second-order valence-corrected chi connectivity index (χ2v) is 8.89. The monoisotopic (exact) mass is 425 g/mol. The first kappa shape index (κ1) is 20.2. The minimum atomic E-state index is 0.476. The summed E-state index contributed by atoms with van der Waals surface area (Å²) in [6, 6.07) is 15.1. The number of hydrogen-bond donors (Lipinski definition) is 1. The van der Waals surface area contributed by atoms with Crippen LogP contribution in [0.2, 0.25) is 5.02 Å². The van der Waals surface area contributed by atoms with Crippen molar-refractivity contribution in [3.05, 3.63) is 64.8 Å². The molecule has 2 aromatic carbocycles. The summed E-state index contributed by atoms with van der Waals surface area (Å²) < 4.78 is 2.21. The third kappa shape index (κ3) is 4.44. The van der Waals surface area contributed by atoms with Crippen LogP contribution in [0.15, 0.2) is 48.7 Å². The predicted molar refractivity (Wildman–Crippen MR) is 128 cm³/mol. The quantitative estimate of drug-likeness (QED) is 0.471. The summed E-state index contributed by atoms with van der Waals surface area (Å²) in [6.45, 7) is 2.83. The highest BCUT2D eigenvalue weighted by Crippen LogP contribution is 2.28. The van der Waals surface area contributed by atoms with Crippen molar-refractivity contribution in [1.82, 2.24) is 9.47 Å². The summed E-state index contributed by atoms with van der Waals surface area (Å²) in [5.74, 6) is 0. The molecule has 0 atom stereocenters. The van der Waals surface area contributed by atoms with Crippen LogP contribution in [0.3, 0.4) is 0 Å². The molecule has 0 aliphatic heterocycles. The number of hydrogen-bond acceptors (Lipinski definition) is 1. The first-order chi connectivity index (χ1) is 14.0. The Morgan fingerprint density at radius 3 is 2.69 bits per heavy atom. The first-order valence-corrected chi connectivity index (χ1v) is 11.2. The Kier molecular flexibility index (Phi) is 6.12. The molecule has 0 amide bonds. The molecular weight excluding hydrogens is 398 g/mol. The number of aromatic nitrogens is 1. The fraction of sp³-hybridized carbons (Fsp3) is 0.375. The average molecular weight is 426 g/mol. The van der Waals surface area contributed by atoms with E-state index in [-0.39, 0.29) is 0 Å². The van der Waals surface area contributed by atoms with Crippen LogP contribution in [0.1, 0.15) is 43.2 Å². The highest BCUT2D eigenvalue weighted by molar-refractivity contribution is 7.80. The van der Waals surface area contributed by atoms with Gasteiger partial charge >= 0.3 is 0 Å². The summed E-state index contributed by atoms with van der Waals surface area (Å²) in [5, 5.41) is 6.29. The number of nitrogens with zero attached hydrogens (tertiary/aromatic N) is 2. The molecule has 0 saturated heterocycles. The Morgan fingerprint density at radius 2 is 1.93 bits per heavy atom. The Hall–Kier alpha value is -2.04. The van der Waals surface area contributed by atoms with Crippen molar-refractivity contribution < 1.29 is 0 Å². The van der Waals surface area contributed by atoms with Crippen LogP contribution < -0.4 is 5.32 Å². The number of halogens is 1. The minimum absolute atomic E-state index is 0.476. The van der Waals surface area contributed by atoms with E-state index in [4.69, 9.17) is 23.8 Å². The number of nitrogens with one attached hydrogen (secondary N) is 1. The van der Waals surface area contributed by atoms with Gasteiger partial charge < -0.3 is 14.8 Å². The molecule has 1 aliphatic carbocycles. The Morgan fingerprint density at radius 1 is 1.17 bits per heavy atom. The fourth-order valence-corrected chi connectivity index (χ4v) is 4.87. The lowest BCUT2D eigenvalue weighted by molar-refractivity contribution is 0.241. The van der Waals surface area contributed by atoms with Crippen LogP contribution >= 0.6 is 23.8 Å². The maximum absolute atomic E-state index is 6.32. The number of para-hydroxylation sites is 1. The molecule has 4 rings (SSSR count). The van der Waals surface area contributed by atoms with Crippen LogP contribution in [-0.2, 0) is 13.6 Å². The van der Waals surface area contributed by atoms with Crippen LogP contribution in [0.4, 0.5) is 5.69 Å². The number of rotatable bonds is 4. The molecule has 1 aromatic heterocycles. The van der Waals surface area contributed by atoms with Gasteiger partial charge in [0, 0.05) is 47.4 Å². The summed E-state index contributed by atoms with van der Waals surface area (Å²) in [7, 11) is 2.11. The average Bonchev–Trinajstić information content (AvgIpc) is 3.05. The molecule has 0 radical (unpaired) electrons. The van der Waals surface area contributed by atoms with Crippen molar-refractivity contribution >= 4 is 45.5 Å². The van der Waals surface area contributed by atoms with Crippen LogP contribution in [-0.4, -0.2) is 20.6 Å². The molecule has 5 heteroatoms. The van der Waals surface area contributed by atoms with E-state index in [2.05, 4.69) is 52.3 Å². The number of benzene rings is 2. The second-order valence-electron chi connectivity index (χ2n) is 8.10. The van der Waals surface area contributed by atoms with E-state index in [1.54, 1.807) is 0 Å². The largest absolute Gasteiger partial charge is 0.350 e. The third-order valence-corrected chi connectivity index (χ3v) is 6.76. The lowest BCUT2D eigenvalue weighted by Crippen LogP contribution is -2.43.